The highest BCUT2D eigenvalue weighted by atomic mass is 16.3. The van der Waals surface area contributed by atoms with Gasteiger partial charge in [0.05, 0.1) is 12.6 Å². The van der Waals surface area contributed by atoms with Crippen molar-refractivity contribution in [1.29, 1.82) is 0 Å². The lowest BCUT2D eigenvalue weighted by molar-refractivity contribution is 0.203. The van der Waals surface area contributed by atoms with E-state index in [1.165, 1.54) is 5.39 Å². The topological polar surface area (TPSA) is 25.2 Å². The van der Waals surface area contributed by atoms with Crippen LogP contribution in [0.5, 0.6) is 0 Å². The molecule has 0 saturated carbocycles. The average Bonchev–Trinajstić information content (AvgIpc) is 2.62. The largest absolute Gasteiger partial charge is 0.387 e. The first kappa shape index (κ1) is 9.03. The van der Waals surface area contributed by atoms with Crippen molar-refractivity contribution < 1.29 is 5.11 Å². The van der Waals surface area contributed by atoms with Crippen LogP contribution < -0.4 is 0 Å². The van der Waals surface area contributed by atoms with Crippen LogP contribution in [-0.2, 0) is 6.54 Å². The Kier molecular flexibility index (Phi) is 2.37. The van der Waals surface area contributed by atoms with Gasteiger partial charge >= 0.3 is 0 Å². The van der Waals surface area contributed by atoms with Gasteiger partial charge in [0.15, 0.2) is 0 Å². The van der Waals surface area contributed by atoms with Gasteiger partial charge in [-0.3, -0.25) is 0 Å². The highest BCUT2D eigenvalue weighted by Crippen LogP contribution is 2.15. The summed E-state index contributed by atoms with van der Waals surface area (Å²) in [5.74, 6) is 0. The van der Waals surface area contributed by atoms with E-state index in [1.807, 2.05) is 35.0 Å². The van der Waals surface area contributed by atoms with Crippen LogP contribution in [-0.4, -0.2) is 15.8 Å². The van der Waals surface area contributed by atoms with E-state index in [0.717, 1.165) is 5.52 Å². The number of nitrogens with zero attached hydrogens (tertiary/aromatic N) is 1. The number of benzene rings is 1. The predicted octanol–water partition coefficient (Wildman–Crippen LogP) is 2.19. The lowest BCUT2D eigenvalue weighted by Crippen LogP contribution is -2.11. The Labute approximate surface area is 83.1 Å². The zero-order chi connectivity index (χ0) is 9.97. The van der Waals surface area contributed by atoms with Crippen molar-refractivity contribution in [3.05, 3.63) is 49.2 Å². The van der Waals surface area contributed by atoms with Crippen LogP contribution in [0, 0.1) is 0 Å². The summed E-state index contributed by atoms with van der Waals surface area (Å²) in [4.78, 5) is 0. The lowest BCUT2D eigenvalue weighted by Gasteiger charge is -2.07. The lowest BCUT2D eigenvalue weighted by atomic mass is 10.2. The van der Waals surface area contributed by atoms with Crippen molar-refractivity contribution in [3.8, 4) is 0 Å². The summed E-state index contributed by atoms with van der Waals surface area (Å²) >= 11 is 0. The number of aromatic nitrogens is 1. The molecule has 1 aromatic carbocycles. The first-order valence-corrected chi connectivity index (χ1v) is 4.66. The number of aliphatic hydroxyl groups is 1. The number of hydrogen-bond acceptors (Lipinski definition) is 1. The highest BCUT2D eigenvalue weighted by Gasteiger charge is 2.03. The molecule has 2 nitrogen and oxygen atoms in total. The summed E-state index contributed by atoms with van der Waals surface area (Å²) < 4.78 is 2.03. The van der Waals surface area contributed by atoms with Gasteiger partial charge in [-0.15, -0.1) is 6.58 Å². The Morgan fingerprint density at radius 3 is 2.93 bits per heavy atom. The Bertz CT molecular complexity index is 444. The van der Waals surface area contributed by atoms with Gasteiger partial charge in [0.1, 0.15) is 0 Å². The van der Waals surface area contributed by atoms with E-state index in [4.69, 9.17) is 0 Å². The fourth-order valence-electron chi connectivity index (χ4n) is 1.58. The standard InChI is InChI=1S/C12H13NO/c1-2-11(14)9-13-8-7-10-5-3-4-6-12(10)13/h2-8,11,14H,1,9H2/t11-/m0/s1. The van der Waals surface area contributed by atoms with E-state index in [-0.39, 0.29) is 0 Å². The smallest absolute Gasteiger partial charge is 0.0897 e. The van der Waals surface area contributed by atoms with Crippen molar-refractivity contribution in [1.82, 2.24) is 4.57 Å². The van der Waals surface area contributed by atoms with Crippen LogP contribution in [0.2, 0.25) is 0 Å². The Balaban J connectivity index is 2.38. The Hall–Kier alpha value is -1.54. The third kappa shape index (κ3) is 1.56. The third-order valence-corrected chi connectivity index (χ3v) is 2.34. The fraction of sp³-hybridized carbons (Fsp3) is 0.167. The van der Waals surface area contributed by atoms with E-state index >= 15 is 0 Å². The molecule has 2 heteroatoms. The van der Waals surface area contributed by atoms with Crippen molar-refractivity contribution in [2.45, 2.75) is 12.6 Å². The summed E-state index contributed by atoms with van der Waals surface area (Å²) in [5, 5.41) is 10.6. The molecule has 0 saturated heterocycles. The minimum atomic E-state index is -0.481. The van der Waals surface area contributed by atoms with Gasteiger partial charge in [0.25, 0.3) is 0 Å². The normalized spacial score (nSPS) is 12.9. The molecular formula is C12H13NO. The average molecular weight is 187 g/mol. The first-order valence-electron chi connectivity index (χ1n) is 4.66. The molecule has 1 atom stereocenters. The fourth-order valence-corrected chi connectivity index (χ4v) is 1.58. The van der Waals surface area contributed by atoms with Crippen LogP contribution in [0.15, 0.2) is 49.2 Å². The van der Waals surface area contributed by atoms with E-state index in [0.29, 0.717) is 6.54 Å². The highest BCUT2D eigenvalue weighted by molar-refractivity contribution is 5.79. The van der Waals surface area contributed by atoms with Crippen LogP contribution in [0.3, 0.4) is 0 Å². The number of hydrogen-bond donors (Lipinski definition) is 1. The number of aliphatic hydroxyl groups excluding tert-OH is 1. The van der Waals surface area contributed by atoms with Crippen LogP contribution in [0.25, 0.3) is 10.9 Å². The van der Waals surface area contributed by atoms with E-state index < -0.39 is 6.10 Å². The predicted molar refractivity (Wildman–Crippen MR) is 58.1 cm³/mol. The van der Waals surface area contributed by atoms with Gasteiger partial charge in [0.2, 0.25) is 0 Å². The van der Waals surface area contributed by atoms with Gasteiger partial charge in [-0.2, -0.15) is 0 Å². The van der Waals surface area contributed by atoms with Crippen molar-refractivity contribution in [2.75, 3.05) is 0 Å². The maximum absolute atomic E-state index is 9.45. The van der Waals surface area contributed by atoms with Gasteiger partial charge in [-0.1, -0.05) is 24.3 Å². The molecule has 2 rings (SSSR count). The summed E-state index contributed by atoms with van der Waals surface area (Å²) in [6, 6.07) is 10.2. The third-order valence-electron chi connectivity index (χ3n) is 2.34. The van der Waals surface area contributed by atoms with Crippen molar-refractivity contribution in [2.24, 2.45) is 0 Å². The van der Waals surface area contributed by atoms with Crippen LogP contribution in [0.4, 0.5) is 0 Å². The molecule has 0 amide bonds. The zero-order valence-electron chi connectivity index (χ0n) is 7.93. The molecule has 1 heterocycles. The molecule has 0 aliphatic rings. The van der Waals surface area contributed by atoms with E-state index in [9.17, 15) is 5.11 Å². The van der Waals surface area contributed by atoms with Gasteiger partial charge in [0, 0.05) is 11.7 Å². The Morgan fingerprint density at radius 2 is 2.14 bits per heavy atom. The maximum atomic E-state index is 9.45. The maximum Gasteiger partial charge on any atom is 0.0897 e. The first-order chi connectivity index (χ1) is 6.81. The molecule has 0 aliphatic heterocycles. The summed E-state index contributed by atoms with van der Waals surface area (Å²) in [6.45, 7) is 4.12. The van der Waals surface area contributed by atoms with E-state index in [2.05, 4.69) is 12.6 Å². The molecule has 0 radical (unpaired) electrons. The molecule has 0 aliphatic carbocycles. The molecule has 14 heavy (non-hydrogen) atoms. The molecule has 0 bridgehead atoms. The zero-order valence-corrected chi connectivity index (χ0v) is 7.93. The Morgan fingerprint density at radius 1 is 1.36 bits per heavy atom. The van der Waals surface area contributed by atoms with Gasteiger partial charge in [-0.05, 0) is 17.5 Å². The molecule has 0 spiro atoms. The van der Waals surface area contributed by atoms with Gasteiger partial charge < -0.3 is 9.67 Å². The van der Waals surface area contributed by atoms with Crippen molar-refractivity contribution >= 4 is 10.9 Å². The molecular weight excluding hydrogens is 174 g/mol. The number of para-hydroxylation sites is 1. The molecule has 72 valence electrons. The molecule has 0 unspecified atom stereocenters. The second-order valence-electron chi connectivity index (χ2n) is 3.33. The van der Waals surface area contributed by atoms with Crippen LogP contribution in [0.1, 0.15) is 0 Å². The molecule has 2 aromatic rings. The summed E-state index contributed by atoms with van der Waals surface area (Å²) in [6.07, 6.45) is 3.05. The number of rotatable bonds is 3. The second-order valence-corrected chi connectivity index (χ2v) is 3.33. The van der Waals surface area contributed by atoms with E-state index in [1.54, 1.807) is 6.08 Å². The minimum Gasteiger partial charge on any atom is -0.387 e. The van der Waals surface area contributed by atoms with Gasteiger partial charge in [-0.25, -0.2) is 0 Å². The molecule has 0 fully saturated rings. The quantitative estimate of drug-likeness (QED) is 0.732. The second kappa shape index (κ2) is 3.68. The molecule has 1 aromatic heterocycles. The molecule has 1 N–H and O–H groups in total. The van der Waals surface area contributed by atoms with Crippen molar-refractivity contribution in [3.63, 3.8) is 0 Å². The van der Waals surface area contributed by atoms with Crippen LogP contribution >= 0.6 is 0 Å². The monoisotopic (exact) mass is 187 g/mol. The number of fused-ring (bicyclic) bond motifs is 1. The summed E-state index contributed by atoms with van der Waals surface area (Å²) in [7, 11) is 0. The minimum absolute atomic E-state index is 0.481. The summed E-state index contributed by atoms with van der Waals surface area (Å²) in [5.41, 5.74) is 1.15. The SMILES string of the molecule is C=C[C@H](O)Cn1ccc2ccccc21.